The van der Waals surface area contributed by atoms with Crippen LogP contribution in [0.1, 0.15) is 12.5 Å². The van der Waals surface area contributed by atoms with Crippen LogP contribution in [0, 0.1) is 0 Å². The molecule has 18 heavy (non-hydrogen) atoms. The van der Waals surface area contributed by atoms with Gasteiger partial charge in [0.25, 0.3) is 0 Å². The smallest absolute Gasteiger partial charge is 0.0860 e. The summed E-state index contributed by atoms with van der Waals surface area (Å²) in [5.41, 5.74) is 1.35. The maximum absolute atomic E-state index is 9.87. The molecule has 0 aliphatic carbocycles. The van der Waals surface area contributed by atoms with Gasteiger partial charge in [0.2, 0.25) is 0 Å². The highest BCUT2D eigenvalue weighted by Crippen LogP contribution is 2.08. The van der Waals surface area contributed by atoms with Crippen molar-refractivity contribution in [1.82, 2.24) is 15.1 Å². The Kier molecular flexibility index (Phi) is 4.92. The Morgan fingerprint density at radius 3 is 3.11 bits per heavy atom. The summed E-state index contributed by atoms with van der Waals surface area (Å²) in [5, 5.41) is 21.6. The van der Waals surface area contributed by atoms with Crippen LogP contribution >= 0.6 is 11.3 Å². The van der Waals surface area contributed by atoms with Gasteiger partial charge in [0.15, 0.2) is 0 Å². The first-order chi connectivity index (χ1) is 8.74. The van der Waals surface area contributed by atoms with E-state index < -0.39 is 6.10 Å². The summed E-state index contributed by atoms with van der Waals surface area (Å²) in [7, 11) is 0. The van der Waals surface area contributed by atoms with Crippen molar-refractivity contribution >= 4 is 11.3 Å². The van der Waals surface area contributed by atoms with Crippen LogP contribution in [0.3, 0.4) is 0 Å². The van der Waals surface area contributed by atoms with Crippen molar-refractivity contribution in [3.8, 4) is 0 Å². The Hall–Kier alpha value is -1.17. The number of thiophene rings is 1. The molecule has 0 fully saturated rings. The molecule has 4 nitrogen and oxygen atoms in total. The minimum absolute atomic E-state index is 0.367. The van der Waals surface area contributed by atoms with Crippen LogP contribution in [0.25, 0.3) is 0 Å². The molecule has 5 heteroatoms. The number of hydrogen-bond donors (Lipinski definition) is 2. The number of aliphatic hydroxyl groups excluding tert-OH is 1. The number of aromatic nitrogens is 2. The molecule has 2 atom stereocenters. The second-order valence-corrected chi connectivity index (χ2v) is 5.31. The van der Waals surface area contributed by atoms with Crippen LogP contribution in [0.4, 0.5) is 0 Å². The van der Waals surface area contributed by atoms with E-state index in [1.54, 1.807) is 22.2 Å². The van der Waals surface area contributed by atoms with E-state index in [4.69, 9.17) is 0 Å². The zero-order chi connectivity index (χ0) is 12.8. The first-order valence-electron chi connectivity index (χ1n) is 6.14. The van der Waals surface area contributed by atoms with Crippen LogP contribution in [-0.2, 0) is 13.0 Å². The summed E-state index contributed by atoms with van der Waals surface area (Å²) in [6, 6.07) is 4.37. The van der Waals surface area contributed by atoms with Crippen LogP contribution in [0.2, 0.25) is 0 Å². The lowest BCUT2D eigenvalue weighted by atomic mass is 10.1. The van der Waals surface area contributed by atoms with Crippen molar-refractivity contribution in [1.29, 1.82) is 0 Å². The molecule has 0 radical (unpaired) electrons. The molecule has 98 valence electrons. The normalized spacial score (nSPS) is 14.6. The van der Waals surface area contributed by atoms with E-state index in [2.05, 4.69) is 34.2 Å². The van der Waals surface area contributed by atoms with E-state index in [1.807, 2.05) is 12.3 Å². The maximum atomic E-state index is 9.87. The van der Waals surface area contributed by atoms with Gasteiger partial charge in [0.05, 0.1) is 12.6 Å². The number of hydrogen-bond acceptors (Lipinski definition) is 4. The first-order valence-corrected chi connectivity index (χ1v) is 7.08. The zero-order valence-electron chi connectivity index (χ0n) is 10.5. The van der Waals surface area contributed by atoms with E-state index in [9.17, 15) is 5.11 Å². The molecule has 2 aromatic heterocycles. The van der Waals surface area contributed by atoms with Gasteiger partial charge in [-0.05, 0) is 41.8 Å². The van der Waals surface area contributed by atoms with Crippen molar-refractivity contribution in [2.45, 2.75) is 32.0 Å². The van der Waals surface area contributed by atoms with E-state index in [0.29, 0.717) is 19.1 Å². The Balaban J connectivity index is 1.67. The first kappa shape index (κ1) is 13.3. The average Bonchev–Trinajstić information content (AvgIpc) is 2.99. The monoisotopic (exact) mass is 265 g/mol. The molecule has 0 bridgehead atoms. The lowest BCUT2D eigenvalue weighted by Gasteiger charge is -2.16. The van der Waals surface area contributed by atoms with Gasteiger partial charge in [-0.15, -0.1) is 0 Å². The van der Waals surface area contributed by atoms with Gasteiger partial charge in [0, 0.05) is 25.0 Å². The van der Waals surface area contributed by atoms with Crippen LogP contribution in [0.5, 0.6) is 0 Å². The van der Waals surface area contributed by atoms with Crippen molar-refractivity contribution in [2.24, 2.45) is 0 Å². The fourth-order valence-electron chi connectivity index (χ4n) is 1.86. The van der Waals surface area contributed by atoms with E-state index in [0.717, 1.165) is 6.42 Å². The van der Waals surface area contributed by atoms with Crippen LogP contribution in [-0.4, -0.2) is 33.6 Å². The number of aliphatic hydroxyl groups is 1. The van der Waals surface area contributed by atoms with Gasteiger partial charge < -0.3 is 10.4 Å². The number of rotatable bonds is 7. The highest BCUT2D eigenvalue weighted by molar-refractivity contribution is 7.07. The summed E-state index contributed by atoms with van der Waals surface area (Å²) in [4.78, 5) is 0. The van der Waals surface area contributed by atoms with Crippen molar-refractivity contribution in [2.75, 3.05) is 6.54 Å². The van der Waals surface area contributed by atoms with E-state index >= 15 is 0 Å². The second-order valence-electron chi connectivity index (χ2n) is 4.53. The Bertz CT molecular complexity index is 385. The third-order valence-corrected chi connectivity index (χ3v) is 3.51. The van der Waals surface area contributed by atoms with Gasteiger partial charge in [-0.3, -0.25) is 4.68 Å². The fraction of sp³-hybridized carbons (Fsp3) is 0.462. The molecule has 2 rings (SSSR count). The van der Waals surface area contributed by atoms with Gasteiger partial charge in [-0.2, -0.15) is 16.4 Å². The summed E-state index contributed by atoms with van der Waals surface area (Å²) in [6.45, 7) is 3.26. The molecule has 0 aliphatic heterocycles. The molecule has 0 aromatic carbocycles. The van der Waals surface area contributed by atoms with Crippen molar-refractivity contribution in [3.05, 3.63) is 40.8 Å². The minimum atomic E-state index is -0.408. The molecule has 2 aromatic rings. The second kappa shape index (κ2) is 6.68. The third-order valence-electron chi connectivity index (χ3n) is 2.78. The Morgan fingerprint density at radius 2 is 2.44 bits per heavy atom. The quantitative estimate of drug-likeness (QED) is 0.798. The number of nitrogens with one attached hydrogen (secondary N) is 1. The topological polar surface area (TPSA) is 50.1 Å². The molecule has 0 saturated heterocycles. The summed E-state index contributed by atoms with van der Waals surface area (Å²) in [6.07, 6.45) is 4.17. The number of nitrogens with zero attached hydrogens (tertiary/aromatic N) is 2. The molecule has 0 saturated carbocycles. The van der Waals surface area contributed by atoms with Gasteiger partial charge in [-0.1, -0.05) is 0 Å². The molecule has 2 unspecified atom stereocenters. The summed E-state index contributed by atoms with van der Waals surface area (Å²) in [5.74, 6) is 0. The standard InChI is InChI=1S/C13H19N3OS/c1-11(7-12-3-6-18-10-12)14-8-13(17)9-16-5-2-4-15-16/h2-6,10-11,13-14,17H,7-9H2,1H3. The Morgan fingerprint density at radius 1 is 1.56 bits per heavy atom. The van der Waals surface area contributed by atoms with E-state index in [-0.39, 0.29) is 0 Å². The average molecular weight is 265 g/mol. The predicted octanol–water partition coefficient (Wildman–Crippen LogP) is 1.53. The van der Waals surface area contributed by atoms with Gasteiger partial charge in [-0.25, -0.2) is 0 Å². The van der Waals surface area contributed by atoms with Crippen molar-refractivity contribution < 1.29 is 5.11 Å². The highest BCUT2D eigenvalue weighted by atomic mass is 32.1. The van der Waals surface area contributed by atoms with Gasteiger partial charge in [0.1, 0.15) is 0 Å². The summed E-state index contributed by atoms with van der Waals surface area (Å²) >= 11 is 1.72. The molecule has 2 N–H and O–H groups in total. The lowest BCUT2D eigenvalue weighted by molar-refractivity contribution is 0.143. The molecule has 0 aliphatic rings. The molecule has 2 heterocycles. The minimum Gasteiger partial charge on any atom is -0.390 e. The predicted molar refractivity (Wildman–Crippen MR) is 73.7 cm³/mol. The largest absolute Gasteiger partial charge is 0.390 e. The fourth-order valence-corrected chi connectivity index (χ4v) is 2.54. The van der Waals surface area contributed by atoms with Crippen LogP contribution in [0.15, 0.2) is 35.3 Å². The summed E-state index contributed by atoms with van der Waals surface area (Å²) < 4.78 is 1.75. The van der Waals surface area contributed by atoms with Crippen LogP contribution < -0.4 is 5.32 Å². The highest BCUT2D eigenvalue weighted by Gasteiger charge is 2.08. The molecular weight excluding hydrogens is 246 g/mol. The zero-order valence-corrected chi connectivity index (χ0v) is 11.3. The third kappa shape index (κ3) is 4.25. The Labute approximate surface area is 111 Å². The van der Waals surface area contributed by atoms with Gasteiger partial charge >= 0.3 is 0 Å². The van der Waals surface area contributed by atoms with E-state index in [1.165, 1.54) is 5.56 Å². The molecule has 0 amide bonds. The molecule has 0 spiro atoms. The lowest BCUT2D eigenvalue weighted by Crippen LogP contribution is -2.36. The maximum Gasteiger partial charge on any atom is 0.0860 e. The molecular formula is C13H19N3OS. The van der Waals surface area contributed by atoms with Crippen molar-refractivity contribution in [3.63, 3.8) is 0 Å². The SMILES string of the molecule is CC(Cc1ccsc1)NCC(O)Cn1cccn1.